The van der Waals surface area contributed by atoms with Crippen LogP contribution >= 0.6 is 47.0 Å². The molecule has 1 aliphatic rings. The number of benzene rings is 2. The van der Waals surface area contributed by atoms with Crippen LogP contribution in [-0.4, -0.2) is 18.2 Å². The second-order valence-electron chi connectivity index (χ2n) is 5.48. The fourth-order valence-electron chi connectivity index (χ4n) is 2.71. The molecule has 0 aromatic heterocycles. The van der Waals surface area contributed by atoms with Crippen molar-refractivity contribution in [2.75, 3.05) is 7.11 Å². The highest BCUT2D eigenvalue weighted by Gasteiger charge is 2.33. The second kappa shape index (κ2) is 7.84. The molecule has 1 atom stereocenters. The Hall–Kier alpha value is -1.79. The van der Waals surface area contributed by atoms with Gasteiger partial charge in [-0.3, -0.25) is 0 Å². The molecule has 1 aliphatic heterocycles. The summed E-state index contributed by atoms with van der Waals surface area (Å²) in [5.74, 6) is -0.506. The van der Waals surface area contributed by atoms with Crippen LogP contribution in [0.15, 0.2) is 48.0 Å². The van der Waals surface area contributed by atoms with Crippen molar-refractivity contribution in [3.63, 3.8) is 0 Å². The predicted molar refractivity (Wildman–Crippen MR) is 108 cm³/mol. The Balaban J connectivity index is 2.21. The van der Waals surface area contributed by atoms with Crippen LogP contribution in [0.4, 0.5) is 0 Å². The van der Waals surface area contributed by atoms with Crippen LogP contribution in [-0.2, 0) is 9.53 Å². The Kier molecular flexibility index (Phi) is 5.73. The summed E-state index contributed by atoms with van der Waals surface area (Å²) in [6.45, 7) is 0. The van der Waals surface area contributed by atoms with Gasteiger partial charge < -0.3 is 15.4 Å². The molecular formula is C18H13Cl3N2O2S. The van der Waals surface area contributed by atoms with E-state index in [1.807, 2.05) is 0 Å². The van der Waals surface area contributed by atoms with E-state index in [1.165, 1.54) is 7.11 Å². The molecule has 0 aliphatic carbocycles. The molecular weight excluding hydrogens is 415 g/mol. The fraction of sp³-hybridized carbons (Fsp3) is 0.111. The van der Waals surface area contributed by atoms with Crippen LogP contribution in [0.1, 0.15) is 17.2 Å². The Morgan fingerprint density at radius 2 is 1.73 bits per heavy atom. The highest BCUT2D eigenvalue weighted by Crippen LogP contribution is 2.36. The van der Waals surface area contributed by atoms with Gasteiger partial charge in [0.25, 0.3) is 0 Å². The number of carbonyl (C=O) groups excluding carboxylic acids is 1. The van der Waals surface area contributed by atoms with Crippen molar-refractivity contribution in [2.45, 2.75) is 6.04 Å². The lowest BCUT2D eigenvalue weighted by atomic mass is 9.93. The number of hydrogen-bond donors (Lipinski definition) is 2. The molecule has 0 unspecified atom stereocenters. The molecule has 0 saturated heterocycles. The number of nitrogens with one attached hydrogen (secondary N) is 2. The average molecular weight is 428 g/mol. The van der Waals surface area contributed by atoms with Gasteiger partial charge in [0.05, 0.1) is 24.4 Å². The third kappa shape index (κ3) is 3.81. The first-order valence-electron chi connectivity index (χ1n) is 7.51. The third-order valence-corrected chi connectivity index (χ3v) is 4.92. The maximum atomic E-state index is 12.6. The maximum Gasteiger partial charge on any atom is 0.338 e. The maximum absolute atomic E-state index is 12.6. The van der Waals surface area contributed by atoms with Crippen LogP contribution in [0, 0.1) is 0 Å². The minimum atomic E-state index is -0.591. The van der Waals surface area contributed by atoms with Gasteiger partial charge in [0, 0.05) is 15.1 Å². The Bertz CT molecular complexity index is 913. The Morgan fingerprint density at radius 1 is 1.08 bits per heavy atom. The zero-order chi connectivity index (χ0) is 18.8. The normalized spacial score (nSPS) is 16.8. The molecule has 2 N–H and O–H groups in total. The molecule has 4 nitrogen and oxygen atoms in total. The van der Waals surface area contributed by atoms with E-state index in [0.717, 1.165) is 5.56 Å². The van der Waals surface area contributed by atoms with E-state index in [9.17, 15) is 4.79 Å². The van der Waals surface area contributed by atoms with Crippen molar-refractivity contribution in [2.24, 2.45) is 0 Å². The molecule has 0 saturated carbocycles. The molecule has 0 radical (unpaired) electrons. The van der Waals surface area contributed by atoms with Gasteiger partial charge in [-0.05, 0) is 47.6 Å². The van der Waals surface area contributed by atoms with Gasteiger partial charge in [-0.25, -0.2) is 4.79 Å². The summed E-state index contributed by atoms with van der Waals surface area (Å²) >= 11 is 23.6. The first kappa shape index (κ1) is 19.0. The molecule has 2 aromatic rings. The molecule has 0 amide bonds. The summed E-state index contributed by atoms with van der Waals surface area (Å²) in [7, 11) is 1.32. The number of carbonyl (C=O) groups is 1. The zero-order valence-electron chi connectivity index (χ0n) is 13.5. The number of ether oxygens (including phenoxy) is 1. The first-order chi connectivity index (χ1) is 12.4. The molecule has 26 heavy (non-hydrogen) atoms. The van der Waals surface area contributed by atoms with Gasteiger partial charge in [-0.1, -0.05) is 53.0 Å². The van der Waals surface area contributed by atoms with Crippen molar-refractivity contribution in [1.29, 1.82) is 0 Å². The second-order valence-corrected chi connectivity index (χ2v) is 7.17. The third-order valence-electron chi connectivity index (χ3n) is 3.88. The molecule has 1 heterocycles. The van der Waals surface area contributed by atoms with Gasteiger partial charge in [0.2, 0.25) is 0 Å². The number of esters is 1. The van der Waals surface area contributed by atoms with Gasteiger partial charge in [-0.15, -0.1) is 0 Å². The van der Waals surface area contributed by atoms with E-state index >= 15 is 0 Å². The van der Waals surface area contributed by atoms with Gasteiger partial charge in [0.15, 0.2) is 5.11 Å². The summed E-state index contributed by atoms with van der Waals surface area (Å²) < 4.78 is 5.00. The minimum absolute atomic E-state index is 0.354. The largest absolute Gasteiger partial charge is 0.466 e. The standard InChI is InChI=1S/C18H13Cl3N2O2S/c1-25-17(24)14-15(9-2-4-10(19)5-3-9)22-18(26)23-16(14)12-7-6-11(20)8-13(12)21/h2-8,16H,1H3,(H2,22,23,26)/t16-/m0/s1. The van der Waals surface area contributed by atoms with Crippen molar-refractivity contribution in [3.05, 3.63) is 74.2 Å². The molecule has 0 spiro atoms. The Labute approximate surface area is 171 Å². The highest BCUT2D eigenvalue weighted by molar-refractivity contribution is 7.80. The Morgan fingerprint density at radius 3 is 2.35 bits per heavy atom. The van der Waals surface area contributed by atoms with Crippen LogP contribution in [0.5, 0.6) is 0 Å². The van der Waals surface area contributed by atoms with E-state index in [-0.39, 0.29) is 0 Å². The number of rotatable bonds is 3. The number of halogens is 3. The van der Waals surface area contributed by atoms with Crippen LogP contribution in [0.2, 0.25) is 15.1 Å². The van der Waals surface area contributed by atoms with Crippen LogP contribution < -0.4 is 10.6 Å². The number of thiocarbonyl (C=S) groups is 1. The van der Waals surface area contributed by atoms with Gasteiger partial charge in [-0.2, -0.15) is 0 Å². The van der Waals surface area contributed by atoms with Crippen LogP contribution in [0.3, 0.4) is 0 Å². The smallest absolute Gasteiger partial charge is 0.338 e. The molecule has 3 rings (SSSR count). The molecule has 134 valence electrons. The summed E-state index contributed by atoms with van der Waals surface area (Å²) in [5, 5.41) is 7.97. The number of hydrogen-bond acceptors (Lipinski definition) is 3. The van der Waals surface area contributed by atoms with Crippen molar-refractivity contribution < 1.29 is 9.53 Å². The summed E-state index contributed by atoms with van der Waals surface area (Å²) in [4.78, 5) is 12.6. The van der Waals surface area contributed by atoms with Gasteiger partial charge in [0.1, 0.15) is 0 Å². The SMILES string of the molecule is COC(=O)C1=C(c2ccc(Cl)cc2)NC(=S)N[C@H]1c1ccc(Cl)cc1Cl. The molecule has 8 heteroatoms. The van der Waals surface area contributed by atoms with Crippen LogP contribution in [0.25, 0.3) is 5.70 Å². The first-order valence-corrected chi connectivity index (χ1v) is 9.06. The lowest BCUT2D eigenvalue weighted by Crippen LogP contribution is -2.45. The van der Waals surface area contributed by atoms with Crippen molar-refractivity contribution in [1.82, 2.24) is 10.6 Å². The summed E-state index contributed by atoms with van der Waals surface area (Å²) in [6.07, 6.45) is 0. The lowest BCUT2D eigenvalue weighted by molar-refractivity contribution is -0.136. The predicted octanol–water partition coefficient (Wildman–Crippen LogP) is 4.75. The number of methoxy groups -OCH3 is 1. The summed E-state index contributed by atoms with van der Waals surface area (Å²) in [5.41, 5.74) is 2.29. The van der Waals surface area contributed by atoms with Crippen molar-refractivity contribution >= 4 is 63.8 Å². The minimum Gasteiger partial charge on any atom is -0.466 e. The molecule has 2 aromatic carbocycles. The quantitative estimate of drug-likeness (QED) is 0.547. The van der Waals surface area contributed by atoms with E-state index in [1.54, 1.807) is 42.5 Å². The monoisotopic (exact) mass is 426 g/mol. The van der Waals surface area contributed by atoms with E-state index < -0.39 is 12.0 Å². The van der Waals surface area contributed by atoms with Gasteiger partial charge >= 0.3 is 5.97 Å². The summed E-state index contributed by atoms with van der Waals surface area (Å²) in [6, 6.07) is 11.5. The molecule has 0 fully saturated rings. The van der Waals surface area contributed by atoms with E-state index in [2.05, 4.69) is 10.6 Å². The average Bonchev–Trinajstić information content (AvgIpc) is 2.61. The highest BCUT2D eigenvalue weighted by atomic mass is 35.5. The van der Waals surface area contributed by atoms with E-state index in [0.29, 0.717) is 37.0 Å². The van der Waals surface area contributed by atoms with Crippen molar-refractivity contribution in [3.8, 4) is 0 Å². The zero-order valence-corrected chi connectivity index (χ0v) is 16.6. The van der Waals surface area contributed by atoms with E-state index in [4.69, 9.17) is 51.8 Å². The topological polar surface area (TPSA) is 50.4 Å². The fourth-order valence-corrected chi connectivity index (χ4v) is 3.57. The molecule has 0 bridgehead atoms. The lowest BCUT2D eigenvalue weighted by Gasteiger charge is -2.31.